The van der Waals surface area contributed by atoms with Gasteiger partial charge in [0.25, 0.3) is 13.4 Å². The van der Waals surface area contributed by atoms with Crippen LogP contribution in [0.1, 0.15) is 115 Å². The van der Waals surface area contributed by atoms with E-state index < -0.39 is 44.1 Å². The average Bonchev–Trinajstić information content (AvgIpc) is 3.30. The topological polar surface area (TPSA) is 171 Å². The third-order valence-corrected chi connectivity index (χ3v) is 7.97. The van der Waals surface area contributed by atoms with E-state index in [-0.39, 0.29) is 42.6 Å². The van der Waals surface area contributed by atoms with Crippen molar-refractivity contribution in [3.8, 4) is 0 Å². The summed E-state index contributed by atoms with van der Waals surface area (Å²) in [6.45, 7) is 3.40. The minimum Gasteiger partial charge on any atom is -0.756 e. The van der Waals surface area contributed by atoms with Crippen LogP contribution in [0.25, 0.3) is 10.4 Å². The van der Waals surface area contributed by atoms with Gasteiger partial charge in [0.2, 0.25) is 0 Å². The fourth-order valence-electron chi connectivity index (χ4n) is 4.70. The van der Waals surface area contributed by atoms with E-state index in [4.69, 9.17) is 19.3 Å². The van der Waals surface area contributed by atoms with Crippen molar-refractivity contribution < 1.29 is 52.8 Å². The maximum absolute atomic E-state index is 12.2. The van der Waals surface area contributed by atoms with Gasteiger partial charge in [-0.3, -0.25) is 18.9 Å². The molecule has 2 heterocycles. The van der Waals surface area contributed by atoms with Gasteiger partial charge in [0.05, 0.1) is 25.4 Å². The summed E-state index contributed by atoms with van der Waals surface area (Å²) in [5, 5.41) is 3.65. The molecule has 4 atom stereocenters. The molecule has 0 saturated carbocycles. The number of phosphoric ester groups is 1. The molecule has 1 aliphatic rings. The Labute approximate surface area is 259 Å². The number of nitrogens with one attached hydrogen (secondary N) is 1. The van der Waals surface area contributed by atoms with Crippen molar-refractivity contribution in [1.82, 2.24) is 9.55 Å². The van der Waals surface area contributed by atoms with Gasteiger partial charge in [0.15, 0.2) is 0 Å². The monoisotopic (exact) mass is 593 g/mol. The first-order valence-corrected chi connectivity index (χ1v) is 15.8. The van der Waals surface area contributed by atoms with Crippen molar-refractivity contribution >= 4 is 7.82 Å². The van der Waals surface area contributed by atoms with Crippen LogP contribution in [-0.2, 0) is 18.3 Å². The Hall–Kier alpha value is -0.940. The number of hydrogen-bond donors (Lipinski definition) is 1. The van der Waals surface area contributed by atoms with Crippen molar-refractivity contribution in [3.05, 3.63) is 43.0 Å². The molecule has 1 aromatic rings. The van der Waals surface area contributed by atoms with Crippen LogP contribution in [0.3, 0.4) is 0 Å². The van der Waals surface area contributed by atoms with E-state index in [0.717, 1.165) is 19.3 Å². The number of azide groups is 1. The molecule has 40 heavy (non-hydrogen) atoms. The summed E-state index contributed by atoms with van der Waals surface area (Å²) in [4.78, 5) is 41.0. The summed E-state index contributed by atoms with van der Waals surface area (Å²) in [5.74, 6) is 0. The number of aromatic amines is 1. The SMILES string of the molecule is CCCCCCCCCCCCCCCCOP(=O)([O-])OC[C@H]1O[C@@H](n2cc(C)c(=O)[nH]c2=O)C[C@@H]1N=[N+]=[N-].[Na+]. The van der Waals surface area contributed by atoms with E-state index in [0.29, 0.717) is 12.0 Å². The maximum atomic E-state index is 12.2. The first-order chi connectivity index (χ1) is 18.8. The summed E-state index contributed by atoms with van der Waals surface area (Å²) in [7, 11) is -4.57. The molecule has 0 radical (unpaired) electrons. The standard InChI is InChI=1S/C26H46N5O7P.Na/c1-3-4-5-6-7-8-9-10-11-12-13-14-15-16-17-36-39(34,35)37-20-23-22(29-30-27)18-24(38-23)31-19-21(2)25(32)28-26(31)33;/h19,22-24H,3-18,20H2,1-2H3,(H,34,35)(H,28,32,33);/q;+1/p-1/t22-,23+,24+;/m0./s1. The van der Waals surface area contributed by atoms with Crippen LogP contribution in [0.15, 0.2) is 20.9 Å². The van der Waals surface area contributed by atoms with Crippen molar-refractivity contribution in [2.45, 2.75) is 129 Å². The molecule has 1 N–H and O–H groups in total. The fourth-order valence-corrected chi connectivity index (χ4v) is 5.46. The summed E-state index contributed by atoms with van der Waals surface area (Å²) in [6.07, 6.45) is 16.5. The van der Waals surface area contributed by atoms with Crippen LogP contribution in [0.5, 0.6) is 0 Å². The first kappa shape index (κ1) is 37.1. The number of nitrogens with zero attached hydrogens (tertiary/aromatic N) is 4. The quantitative estimate of drug-likeness (QED) is 0.0570. The zero-order chi connectivity index (χ0) is 28.5. The summed E-state index contributed by atoms with van der Waals surface area (Å²) >= 11 is 0. The molecular weight excluding hydrogens is 548 g/mol. The summed E-state index contributed by atoms with van der Waals surface area (Å²) in [5.41, 5.74) is 7.99. The molecule has 0 spiro atoms. The number of rotatable bonds is 21. The second-order valence-electron chi connectivity index (χ2n) is 10.3. The Morgan fingerprint density at radius 2 is 1.60 bits per heavy atom. The van der Waals surface area contributed by atoms with Crippen molar-refractivity contribution in [1.29, 1.82) is 0 Å². The van der Waals surface area contributed by atoms with Gasteiger partial charge in [-0.15, -0.1) is 0 Å². The Bertz CT molecular complexity index is 1060. The van der Waals surface area contributed by atoms with Crippen LogP contribution in [-0.4, -0.2) is 34.9 Å². The molecule has 12 nitrogen and oxygen atoms in total. The number of hydrogen-bond acceptors (Lipinski definition) is 8. The van der Waals surface area contributed by atoms with Gasteiger partial charge < -0.3 is 18.7 Å². The van der Waals surface area contributed by atoms with Gasteiger partial charge in [-0.1, -0.05) is 95.5 Å². The molecule has 1 fully saturated rings. The van der Waals surface area contributed by atoms with E-state index >= 15 is 0 Å². The largest absolute Gasteiger partial charge is 1.00 e. The Morgan fingerprint density at radius 1 is 1.05 bits per heavy atom. The molecule has 2 rings (SSSR count). The first-order valence-electron chi connectivity index (χ1n) is 14.4. The third-order valence-electron chi connectivity index (χ3n) is 7.00. The minimum atomic E-state index is -4.57. The normalized spacial score (nSPS) is 20.0. The van der Waals surface area contributed by atoms with Gasteiger partial charge >= 0.3 is 35.2 Å². The summed E-state index contributed by atoms with van der Waals surface area (Å²) in [6, 6.07) is -0.759. The van der Waals surface area contributed by atoms with Crippen LogP contribution >= 0.6 is 7.82 Å². The van der Waals surface area contributed by atoms with Gasteiger partial charge in [-0.25, -0.2) is 4.79 Å². The second-order valence-corrected chi connectivity index (χ2v) is 11.7. The smallest absolute Gasteiger partial charge is 0.756 e. The maximum Gasteiger partial charge on any atom is 1.00 e. The third kappa shape index (κ3) is 14.3. The number of ether oxygens (including phenoxy) is 1. The van der Waals surface area contributed by atoms with E-state index in [1.54, 1.807) is 0 Å². The Balaban J connectivity index is 0.00000800. The van der Waals surface area contributed by atoms with Crippen molar-refractivity contribution in [3.63, 3.8) is 0 Å². The summed E-state index contributed by atoms with van der Waals surface area (Å²) < 4.78 is 29.1. The molecule has 1 aromatic heterocycles. The average molecular weight is 594 g/mol. The number of aryl methyl sites for hydroxylation is 1. The minimum absolute atomic E-state index is 0. The van der Waals surface area contributed by atoms with E-state index in [1.165, 1.54) is 81.9 Å². The molecule has 222 valence electrons. The van der Waals surface area contributed by atoms with Gasteiger partial charge in [0.1, 0.15) is 6.23 Å². The molecule has 1 unspecified atom stereocenters. The molecule has 14 heteroatoms. The zero-order valence-electron chi connectivity index (χ0n) is 24.4. The second kappa shape index (κ2) is 20.9. The number of phosphoric acid groups is 1. The Morgan fingerprint density at radius 3 is 2.15 bits per heavy atom. The molecule has 1 aliphatic heterocycles. The molecule has 0 aromatic carbocycles. The molecule has 0 bridgehead atoms. The van der Waals surface area contributed by atoms with Gasteiger partial charge in [-0.2, -0.15) is 0 Å². The molecule has 0 amide bonds. The van der Waals surface area contributed by atoms with Crippen LogP contribution in [0.2, 0.25) is 0 Å². The number of H-pyrrole nitrogens is 1. The van der Waals surface area contributed by atoms with Crippen molar-refractivity contribution in [2.24, 2.45) is 5.11 Å². The van der Waals surface area contributed by atoms with E-state index in [9.17, 15) is 19.0 Å². The van der Waals surface area contributed by atoms with Gasteiger partial charge in [0, 0.05) is 23.1 Å². The predicted octanol–water partition coefficient (Wildman–Crippen LogP) is 2.80. The fraction of sp³-hybridized carbons (Fsp3) is 0.846. The van der Waals surface area contributed by atoms with Crippen LogP contribution in [0, 0.1) is 6.92 Å². The molecule has 0 aliphatic carbocycles. The number of aromatic nitrogens is 2. The Kier molecular flexibility index (Phi) is 19.3. The van der Waals surface area contributed by atoms with Crippen molar-refractivity contribution in [2.75, 3.05) is 13.2 Å². The van der Waals surface area contributed by atoms with Crippen LogP contribution < -0.4 is 45.7 Å². The van der Waals surface area contributed by atoms with E-state index in [1.807, 2.05) is 0 Å². The molecule has 1 saturated heterocycles. The van der Waals surface area contributed by atoms with Gasteiger partial charge in [-0.05, 0) is 18.9 Å². The van der Waals surface area contributed by atoms with E-state index in [2.05, 4.69) is 21.9 Å². The molecular formula is C26H45N5NaO7P. The number of unbranched alkanes of at least 4 members (excludes halogenated alkanes) is 13. The zero-order valence-corrected chi connectivity index (χ0v) is 27.3. The van der Waals surface area contributed by atoms with Crippen LogP contribution in [0.4, 0.5) is 0 Å². The predicted molar refractivity (Wildman–Crippen MR) is 147 cm³/mol.